The van der Waals surface area contributed by atoms with Crippen LogP contribution in [0.15, 0.2) is 41.3 Å². The molecule has 1 heterocycles. The summed E-state index contributed by atoms with van der Waals surface area (Å²) in [7, 11) is -3.97. The smallest absolute Gasteiger partial charge is 0.280 e. The van der Waals surface area contributed by atoms with E-state index >= 15 is 0 Å². The van der Waals surface area contributed by atoms with E-state index in [1.54, 1.807) is 18.2 Å². The molecule has 9 nitrogen and oxygen atoms in total. The van der Waals surface area contributed by atoms with E-state index < -0.39 is 26.4 Å². The van der Waals surface area contributed by atoms with Crippen molar-refractivity contribution in [1.82, 2.24) is 4.72 Å². The molecule has 2 aromatic rings. The fourth-order valence-electron chi connectivity index (χ4n) is 2.44. The van der Waals surface area contributed by atoms with Crippen LogP contribution in [-0.2, 0) is 16.6 Å². The molecule has 0 saturated carbocycles. The molecule has 2 aromatic carbocycles. The van der Waals surface area contributed by atoms with Crippen molar-refractivity contribution in [2.75, 3.05) is 6.79 Å². The standard InChI is InChI=1S/C16H14N2O7S/c1-10(19)13-7-12(3-4-14(13)18(20)21)26(22,23)17-8-11-2-5-15-16(6-11)25-9-24-15/h2-7,17H,8-9H2,1H3. The molecule has 0 bridgehead atoms. The van der Waals surface area contributed by atoms with Crippen molar-refractivity contribution in [1.29, 1.82) is 0 Å². The molecule has 0 aromatic heterocycles. The van der Waals surface area contributed by atoms with Gasteiger partial charge >= 0.3 is 0 Å². The zero-order valence-electron chi connectivity index (χ0n) is 13.6. The van der Waals surface area contributed by atoms with Crippen molar-refractivity contribution in [3.63, 3.8) is 0 Å². The van der Waals surface area contributed by atoms with Gasteiger partial charge in [0.1, 0.15) is 0 Å². The number of carbonyl (C=O) groups excluding carboxylic acids is 1. The Labute approximate surface area is 148 Å². The van der Waals surface area contributed by atoms with Crippen LogP contribution in [0.2, 0.25) is 0 Å². The normalized spacial score (nSPS) is 12.8. The van der Waals surface area contributed by atoms with Crippen molar-refractivity contribution in [2.45, 2.75) is 18.4 Å². The first-order chi connectivity index (χ1) is 12.3. The first-order valence-corrected chi connectivity index (χ1v) is 8.94. The summed E-state index contributed by atoms with van der Waals surface area (Å²) in [5.41, 5.74) is -0.0558. The topological polar surface area (TPSA) is 125 Å². The lowest BCUT2D eigenvalue weighted by molar-refractivity contribution is -0.385. The van der Waals surface area contributed by atoms with Crippen molar-refractivity contribution in [3.05, 3.63) is 57.6 Å². The minimum atomic E-state index is -3.97. The molecular formula is C16H14N2O7S. The lowest BCUT2D eigenvalue weighted by atomic mass is 10.1. The van der Waals surface area contributed by atoms with Crippen LogP contribution in [0.3, 0.4) is 0 Å². The summed E-state index contributed by atoms with van der Waals surface area (Å²) >= 11 is 0. The molecule has 0 fully saturated rings. The average molecular weight is 378 g/mol. The molecule has 0 aliphatic carbocycles. The van der Waals surface area contributed by atoms with Crippen LogP contribution in [0, 0.1) is 10.1 Å². The molecule has 26 heavy (non-hydrogen) atoms. The molecule has 0 atom stereocenters. The summed E-state index contributed by atoms with van der Waals surface area (Å²) in [6.07, 6.45) is 0. The fourth-order valence-corrected chi connectivity index (χ4v) is 3.48. The summed E-state index contributed by atoms with van der Waals surface area (Å²) in [4.78, 5) is 21.6. The minimum Gasteiger partial charge on any atom is -0.454 e. The molecule has 1 aliphatic rings. The summed E-state index contributed by atoms with van der Waals surface area (Å²) in [5.74, 6) is 0.512. The van der Waals surface area contributed by atoms with Crippen LogP contribution in [-0.4, -0.2) is 25.9 Å². The Bertz CT molecular complexity index is 1000. The Morgan fingerprint density at radius 3 is 2.62 bits per heavy atom. The monoisotopic (exact) mass is 378 g/mol. The summed E-state index contributed by atoms with van der Waals surface area (Å²) < 4.78 is 37.7. The van der Waals surface area contributed by atoms with Gasteiger partial charge in [-0.25, -0.2) is 13.1 Å². The van der Waals surface area contributed by atoms with E-state index in [4.69, 9.17) is 9.47 Å². The van der Waals surface area contributed by atoms with Crippen molar-refractivity contribution in [2.24, 2.45) is 0 Å². The van der Waals surface area contributed by atoms with Gasteiger partial charge in [0.05, 0.1) is 15.4 Å². The Kier molecular flexibility index (Phi) is 4.62. The van der Waals surface area contributed by atoms with Crippen molar-refractivity contribution < 1.29 is 27.6 Å². The number of fused-ring (bicyclic) bond motifs is 1. The fraction of sp³-hybridized carbons (Fsp3) is 0.188. The zero-order chi connectivity index (χ0) is 18.9. The van der Waals surface area contributed by atoms with E-state index in [9.17, 15) is 23.3 Å². The number of nitro groups is 1. The third-order valence-corrected chi connectivity index (χ3v) is 5.16. The number of nitro benzene ring substituents is 1. The van der Waals surface area contributed by atoms with Gasteiger partial charge < -0.3 is 9.47 Å². The maximum absolute atomic E-state index is 12.4. The highest BCUT2D eigenvalue weighted by Gasteiger charge is 2.23. The molecule has 0 spiro atoms. The van der Waals surface area contributed by atoms with Crippen molar-refractivity contribution >= 4 is 21.5 Å². The van der Waals surface area contributed by atoms with Crippen LogP contribution < -0.4 is 14.2 Å². The summed E-state index contributed by atoms with van der Waals surface area (Å²) in [6.45, 7) is 1.23. The number of carbonyl (C=O) groups is 1. The predicted molar refractivity (Wildman–Crippen MR) is 89.7 cm³/mol. The molecule has 0 amide bonds. The highest BCUT2D eigenvalue weighted by Crippen LogP contribution is 2.32. The molecule has 3 rings (SSSR count). The molecule has 10 heteroatoms. The third-order valence-electron chi connectivity index (χ3n) is 3.76. The quantitative estimate of drug-likeness (QED) is 0.463. The maximum atomic E-state index is 12.4. The van der Waals surface area contributed by atoms with E-state index in [-0.39, 0.29) is 23.8 Å². The molecule has 0 radical (unpaired) electrons. The van der Waals surface area contributed by atoms with E-state index in [2.05, 4.69) is 4.72 Å². The number of hydrogen-bond acceptors (Lipinski definition) is 7. The number of benzene rings is 2. The zero-order valence-corrected chi connectivity index (χ0v) is 14.4. The van der Waals surface area contributed by atoms with Crippen LogP contribution >= 0.6 is 0 Å². The van der Waals surface area contributed by atoms with Crippen LogP contribution in [0.4, 0.5) is 5.69 Å². The molecule has 0 saturated heterocycles. The minimum absolute atomic E-state index is 0.0225. The number of ketones is 1. The molecule has 0 unspecified atom stereocenters. The van der Waals surface area contributed by atoms with E-state index in [0.29, 0.717) is 17.1 Å². The molecule has 136 valence electrons. The number of hydrogen-bond donors (Lipinski definition) is 1. The summed E-state index contributed by atoms with van der Waals surface area (Å²) in [5, 5.41) is 11.0. The van der Waals surface area contributed by atoms with E-state index in [1.807, 2.05) is 0 Å². The molecule has 1 aliphatic heterocycles. The Morgan fingerprint density at radius 2 is 1.92 bits per heavy atom. The van der Waals surface area contributed by atoms with Gasteiger partial charge in [0.25, 0.3) is 5.69 Å². The highest BCUT2D eigenvalue weighted by molar-refractivity contribution is 7.89. The predicted octanol–water partition coefficient (Wildman–Crippen LogP) is 2.00. The third kappa shape index (κ3) is 3.51. The van der Waals surface area contributed by atoms with Gasteiger partial charge in [0.2, 0.25) is 16.8 Å². The van der Waals surface area contributed by atoms with Crippen LogP contribution in [0.5, 0.6) is 11.5 Å². The van der Waals surface area contributed by atoms with Gasteiger partial charge in [-0.05, 0) is 36.8 Å². The van der Waals surface area contributed by atoms with Gasteiger partial charge in [-0.3, -0.25) is 14.9 Å². The van der Waals surface area contributed by atoms with Crippen LogP contribution in [0.25, 0.3) is 0 Å². The van der Waals surface area contributed by atoms with E-state index in [1.165, 1.54) is 0 Å². The van der Waals surface area contributed by atoms with Gasteiger partial charge in [-0.2, -0.15) is 0 Å². The lowest BCUT2D eigenvalue weighted by Crippen LogP contribution is -2.23. The first-order valence-electron chi connectivity index (χ1n) is 7.45. The number of sulfonamides is 1. The van der Waals surface area contributed by atoms with Gasteiger partial charge in [0.15, 0.2) is 17.3 Å². The number of nitrogens with one attached hydrogen (secondary N) is 1. The number of ether oxygens (including phenoxy) is 2. The molecular weight excluding hydrogens is 364 g/mol. The average Bonchev–Trinajstić information content (AvgIpc) is 3.07. The Morgan fingerprint density at radius 1 is 1.19 bits per heavy atom. The SMILES string of the molecule is CC(=O)c1cc(S(=O)(=O)NCc2ccc3c(c2)OCO3)ccc1[N+](=O)[O-]. The lowest BCUT2D eigenvalue weighted by Gasteiger charge is -2.09. The second kappa shape index (κ2) is 6.73. The highest BCUT2D eigenvalue weighted by atomic mass is 32.2. The van der Waals surface area contributed by atoms with Gasteiger partial charge in [-0.1, -0.05) is 6.07 Å². The van der Waals surface area contributed by atoms with Crippen molar-refractivity contribution in [3.8, 4) is 11.5 Å². The number of nitrogens with zero attached hydrogens (tertiary/aromatic N) is 1. The Hall–Kier alpha value is -2.98. The largest absolute Gasteiger partial charge is 0.454 e. The molecule has 1 N–H and O–H groups in total. The Balaban J connectivity index is 1.83. The van der Waals surface area contributed by atoms with Gasteiger partial charge in [-0.15, -0.1) is 0 Å². The number of Topliss-reactive ketones (excluding diaryl/α,β-unsaturated/α-hetero) is 1. The second-order valence-electron chi connectivity index (χ2n) is 5.50. The van der Waals surface area contributed by atoms with E-state index in [0.717, 1.165) is 25.1 Å². The number of rotatable bonds is 6. The van der Waals surface area contributed by atoms with Gasteiger partial charge in [0, 0.05) is 12.6 Å². The second-order valence-corrected chi connectivity index (χ2v) is 7.27. The summed E-state index contributed by atoms with van der Waals surface area (Å²) in [6, 6.07) is 8.11. The van der Waals surface area contributed by atoms with Crippen LogP contribution in [0.1, 0.15) is 22.8 Å². The maximum Gasteiger partial charge on any atom is 0.280 e. The first kappa shape index (κ1) is 17.8.